The van der Waals surface area contributed by atoms with Gasteiger partial charge in [-0.1, -0.05) is 6.07 Å². The minimum Gasteiger partial charge on any atom is -0.496 e. The smallest absolute Gasteiger partial charge is 0.337 e. The van der Waals surface area contributed by atoms with E-state index in [0.717, 1.165) is 0 Å². The van der Waals surface area contributed by atoms with Gasteiger partial charge < -0.3 is 34.0 Å². The number of carbonyl (C=O) groups excluding carboxylic acids is 3. The number of nitrogens with zero attached hydrogens (tertiary/aromatic N) is 2. The minimum atomic E-state index is -0.804. The van der Waals surface area contributed by atoms with Crippen LogP contribution in [0.2, 0.25) is 0 Å². The van der Waals surface area contributed by atoms with E-state index in [1.165, 1.54) is 51.8 Å². The van der Waals surface area contributed by atoms with Crippen molar-refractivity contribution in [2.75, 3.05) is 27.9 Å². The summed E-state index contributed by atoms with van der Waals surface area (Å²) in [6.07, 6.45) is 1.25. The molecule has 0 saturated heterocycles. The molecule has 1 aliphatic rings. The van der Waals surface area contributed by atoms with Gasteiger partial charge >= 0.3 is 12.0 Å². The fourth-order valence-electron chi connectivity index (χ4n) is 4.22. The molecule has 2 aromatic carbocycles. The van der Waals surface area contributed by atoms with E-state index in [4.69, 9.17) is 23.4 Å². The number of nitro groups is 1. The Morgan fingerprint density at radius 2 is 1.81 bits per heavy atom. The Balaban J connectivity index is 1.39. The van der Waals surface area contributed by atoms with Gasteiger partial charge in [0, 0.05) is 17.8 Å². The van der Waals surface area contributed by atoms with E-state index in [0.29, 0.717) is 28.3 Å². The highest BCUT2D eigenvalue weighted by Crippen LogP contribution is 2.35. The summed E-state index contributed by atoms with van der Waals surface area (Å²) in [6, 6.07) is 10.7. The second kappa shape index (κ2) is 13.2. The fourth-order valence-corrected chi connectivity index (χ4v) is 4.22. The van der Waals surface area contributed by atoms with Gasteiger partial charge in [0.1, 0.15) is 17.3 Å². The van der Waals surface area contributed by atoms with Gasteiger partial charge in [0.2, 0.25) is 0 Å². The maximum Gasteiger partial charge on any atom is 0.337 e. The van der Waals surface area contributed by atoms with Gasteiger partial charge in [-0.15, -0.1) is 0 Å². The molecular weight excluding hydrogens is 566 g/mol. The van der Waals surface area contributed by atoms with Crippen molar-refractivity contribution in [3.05, 3.63) is 81.2 Å². The molecule has 1 aromatic heterocycles. The number of hydrazone groups is 1. The maximum absolute atomic E-state index is 12.4. The van der Waals surface area contributed by atoms with Crippen LogP contribution in [0.15, 0.2) is 69.3 Å². The van der Waals surface area contributed by atoms with E-state index in [-0.39, 0.29) is 28.5 Å². The zero-order valence-corrected chi connectivity index (χ0v) is 23.5. The molecule has 3 N–H and O–H groups in total. The van der Waals surface area contributed by atoms with E-state index in [1.54, 1.807) is 31.2 Å². The number of benzene rings is 2. The Bertz CT molecular complexity index is 1630. The van der Waals surface area contributed by atoms with Gasteiger partial charge in [0.25, 0.3) is 11.6 Å². The fraction of sp³-hybridized carbons (Fsp3) is 0.214. The molecule has 3 aromatic rings. The Kier molecular flexibility index (Phi) is 9.24. The predicted octanol–water partition coefficient (Wildman–Crippen LogP) is 3.20. The average Bonchev–Trinajstić information content (AvgIpc) is 3.47. The number of hydrogen-bond acceptors (Lipinski definition) is 11. The average molecular weight is 594 g/mol. The largest absolute Gasteiger partial charge is 0.496 e. The van der Waals surface area contributed by atoms with Crippen molar-refractivity contribution in [2.24, 2.45) is 5.10 Å². The highest BCUT2D eigenvalue weighted by Gasteiger charge is 2.32. The molecule has 224 valence electrons. The number of ether oxygens (including phenoxy) is 4. The number of non-ortho nitro benzene ring substituents is 1. The SMILES string of the molecule is COC(=O)C1=C(C)NC(=O)N[C@H]1c1ccc(OCC(=O)N/N=C\c2ccc(-c3cc([N+](=O)[O-])ccc3OC)o2)c(OC)c1. The van der Waals surface area contributed by atoms with E-state index in [1.807, 2.05) is 0 Å². The first-order valence-electron chi connectivity index (χ1n) is 12.6. The minimum absolute atomic E-state index is 0.128. The van der Waals surface area contributed by atoms with Crippen molar-refractivity contribution in [2.45, 2.75) is 13.0 Å². The first-order valence-corrected chi connectivity index (χ1v) is 12.6. The third kappa shape index (κ3) is 6.90. The summed E-state index contributed by atoms with van der Waals surface area (Å²) >= 11 is 0. The molecule has 0 aliphatic carbocycles. The van der Waals surface area contributed by atoms with Crippen LogP contribution in [0.4, 0.5) is 10.5 Å². The van der Waals surface area contributed by atoms with Gasteiger partial charge in [0.05, 0.1) is 49.6 Å². The van der Waals surface area contributed by atoms with E-state index >= 15 is 0 Å². The van der Waals surface area contributed by atoms with E-state index in [2.05, 4.69) is 21.2 Å². The number of nitro benzene ring substituents is 1. The molecule has 15 heteroatoms. The zero-order chi connectivity index (χ0) is 31.1. The second-order valence-electron chi connectivity index (χ2n) is 8.90. The number of furan rings is 1. The van der Waals surface area contributed by atoms with Crippen LogP contribution in [0.1, 0.15) is 24.3 Å². The number of hydrogen-bond donors (Lipinski definition) is 3. The lowest BCUT2D eigenvalue weighted by molar-refractivity contribution is -0.384. The second-order valence-corrected chi connectivity index (χ2v) is 8.90. The Morgan fingerprint density at radius 3 is 2.51 bits per heavy atom. The van der Waals surface area contributed by atoms with Gasteiger partial charge in [-0.3, -0.25) is 14.9 Å². The highest BCUT2D eigenvalue weighted by molar-refractivity contribution is 5.95. The quantitative estimate of drug-likeness (QED) is 0.129. The first kappa shape index (κ1) is 30.1. The number of amides is 3. The molecule has 15 nitrogen and oxygen atoms in total. The number of esters is 1. The summed E-state index contributed by atoms with van der Waals surface area (Å²) in [7, 11) is 4.08. The number of methoxy groups -OCH3 is 3. The standard InChI is InChI=1S/C28H27N5O10/c1-15-25(27(35)41-4)26(31-28(36)30-15)16-5-8-22(23(11-16)40-3)42-14-24(34)32-29-13-18-7-10-21(43-18)19-12-17(33(37)38)6-9-20(19)39-2/h5-13,26H,14H2,1-4H3,(H,32,34)(H2,30,31,36)/b29-13-/t26-/m0/s1. The van der Waals surface area contributed by atoms with Crippen molar-refractivity contribution < 1.29 is 42.7 Å². The highest BCUT2D eigenvalue weighted by atomic mass is 16.6. The molecule has 0 spiro atoms. The van der Waals surface area contributed by atoms with Gasteiger partial charge in [-0.05, 0) is 42.8 Å². The number of carbonyl (C=O) groups is 3. The van der Waals surface area contributed by atoms with Crippen LogP contribution in [-0.4, -0.2) is 57.0 Å². The van der Waals surface area contributed by atoms with Crippen LogP contribution in [0, 0.1) is 10.1 Å². The zero-order valence-electron chi connectivity index (χ0n) is 23.5. The number of nitrogens with one attached hydrogen (secondary N) is 3. The lowest BCUT2D eigenvalue weighted by atomic mass is 9.95. The normalized spacial score (nSPS) is 14.5. The first-order chi connectivity index (χ1) is 20.6. The van der Waals surface area contributed by atoms with Crippen LogP contribution in [-0.2, 0) is 14.3 Å². The molecule has 1 aliphatic heterocycles. The Labute approximate surface area is 244 Å². The van der Waals surface area contributed by atoms with Crippen LogP contribution >= 0.6 is 0 Å². The third-order valence-corrected chi connectivity index (χ3v) is 6.22. The Morgan fingerprint density at radius 1 is 1.07 bits per heavy atom. The van der Waals surface area contributed by atoms with Crippen LogP contribution in [0.25, 0.3) is 11.3 Å². The lowest BCUT2D eigenvalue weighted by Crippen LogP contribution is -2.45. The summed E-state index contributed by atoms with van der Waals surface area (Å²) in [4.78, 5) is 47.4. The van der Waals surface area contributed by atoms with E-state index in [9.17, 15) is 24.5 Å². The molecule has 4 rings (SSSR count). The molecule has 1 atom stereocenters. The van der Waals surface area contributed by atoms with Crippen molar-refractivity contribution in [3.8, 4) is 28.6 Å². The van der Waals surface area contributed by atoms with Gasteiger partial charge in [-0.25, -0.2) is 15.0 Å². The van der Waals surface area contributed by atoms with Gasteiger partial charge in [0.15, 0.2) is 18.1 Å². The van der Waals surface area contributed by atoms with Gasteiger partial charge in [-0.2, -0.15) is 5.10 Å². The van der Waals surface area contributed by atoms with Crippen LogP contribution in [0.5, 0.6) is 17.2 Å². The molecule has 0 saturated carbocycles. The summed E-state index contributed by atoms with van der Waals surface area (Å²) in [6.45, 7) is 1.17. The van der Waals surface area contributed by atoms with Crippen LogP contribution in [0.3, 0.4) is 0 Å². The lowest BCUT2D eigenvalue weighted by Gasteiger charge is -2.28. The molecule has 0 radical (unpaired) electrons. The monoisotopic (exact) mass is 593 g/mol. The van der Waals surface area contributed by atoms with Crippen LogP contribution < -0.4 is 30.3 Å². The molecule has 0 fully saturated rings. The number of rotatable bonds is 11. The molecule has 0 unspecified atom stereocenters. The van der Waals surface area contributed by atoms with E-state index < -0.39 is 35.5 Å². The summed E-state index contributed by atoms with van der Waals surface area (Å²) in [5.74, 6) is 0.236. The third-order valence-electron chi connectivity index (χ3n) is 6.22. The predicted molar refractivity (Wildman–Crippen MR) is 151 cm³/mol. The van der Waals surface area contributed by atoms with Crippen molar-refractivity contribution in [1.82, 2.24) is 16.1 Å². The summed E-state index contributed by atoms with van der Waals surface area (Å²) in [5, 5.41) is 20.2. The molecule has 43 heavy (non-hydrogen) atoms. The molecule has 0 bridgehead atoms. The maximum atomic E-state index is 12.4. The summed E-state index contributed by atoms with van der Waals surface area (Å²) in [5.41, 5.74) is 3.66. The Hall–Kier alpha value is -5.86. The van der Waals surface area contributed by atoms with Crippen molar-refractivity contribution >= 4 is 29.8 Å². The number of urea groups is 1. The van der Waals surface area contributed by atoms with Crippen molar-refractivity contribution in [1.29, 1.82) is 0 Å². The molecule has 3 amide bonds. The molecular formula is C28H27N5O10. The summed E-state index contributed by atoms with van der Waals surface area (Å²) < 4.78 is 26.8. The number of allylic oxidation sites excluding steroid dienone is 1. The molecule has 2 heterocycles. The topological polar surface area (TPSA) is 193 Å². The van der Waals surface area contributed by atoms with Crippen molar-refractivity contribution in [3.63, 3.8) is 0 Å².